The van der Waals surface area contributed by atoms with E-state index in [1.54, 1.807) is 6.07 Å². The van der Waals surface area contributed by atoms with Crippen LogP contribution in [0.3, 0.4) is 0 Å². The molecule has 0 saturated heterocycles. The average molecular weight is 397 g/mol. The first kappa shape index (κ1) is 18.4. The molecule has 6 nitrogen and oxygen atoms in total. The molecule has 24 heavy (non-hydrogen) atoms. The van der Waals surface area contributed by atoms with Gasteiger partial charge in [-0.1, -0.05) is 35.3 Å². The Labute approximate surface area is 149 Å². The van der Waals surface area contributed by atoms with Gasteiger partial charge in [0.2, 0.25) is 5.91 Å². The van der Waals surface area contributed by atoms with E-state index >= 15 is 0 Å². The van der Waals surface area contributed by atoms with Crippen LogP contribution in [0.15, 0.2) is 22.7 Å². The molecule has 1 unspecified atom stereocenters. The third-order valence-electron chi connectivity index (χ3n) is 3.99. The van der Waals surface area contributed by atoms with Crippen LogP contribution in [0, 0.1) is 0 Å². The van der Waals surface area contributed by atoms with E-state index in [-0.39, 0.29) is 24.7 Å². The molecule has 1 heterocycles. The third kappa shape index (κ3) is 4.35. The number of nitrogens with two attached hydrogens (primary N) is 1. The molecule has 0 aliphatic carbocycles. The number of primary amides is 1. The monoisotopic (exact) mass is 396 g/mol. The minimum atomic E-state index is -0.817. The molecule has 0 fully saturated rings. The van der Waals surface area contributed by atoms with E-state index in [2.05, 4.69) is 15.9 Å². The van der Waals surface area contributed by atoms with E-state index < -0.39 is 11.9 Å². The van der Waals surface area contributed by atoms with E-state index in [9.17, 15) is 14.4 Å². The first-order chi connectivity index (χ1) is 11.4. The summed E-state index contributed by atoms with van der Waals surface area (Å²) in [5, 5.41) is 0. The number of benzene rings is 1. The SMILES string of the molecule is CCCCOC(=O)CCC(C(N)=O)N1Cc2ccc(Br)cc2C1=O. The predicted molar refractivity (Wildman–Crippen MR) is 92.1 cm³/mol. The molecule has 1 aliphatic rings. The van der Waals surface area contributed by atoms with E-state index in [1.807, 2.05) is 19.1 Å². The Morgan fingerprint density at radius 3 is 2.83 bits per heavy atom. The van der Waals surface area contributed by atoms with Gasteiger partial charge in [-0.05, 0) is 30.5 Å². The second kappa shape index (κ2) is 8.28. The number of fused-ring (bicyclic) bond motifs is 1. The average Bonchev–Trinajstić information content (AvgIpc) is 2.84. The van der Waals surface area contributed by atoms with Gasteiger partial charge in [-0.25, -0.2) is 0 Å². The van der Waals surface area contributed by atoms with Crippen molar-refractivity contribution in [2.24, 2.45) is 5.73 Å². The second-order valence-electron chi connectivity index (χ2n) is 5.77. The minimum absolute atomic E-state index is 0.0567. The van der Waals surface area contributed by atoms with Crippen LogP contribution in [-0.4, -0.2) is 35.3 Å². The van der Waals surface area contributed by atoms with Gasteiger partial charge in [0.1, 0.15) is 6.04 Å². The molecule has 1 atom stereocenters. The zero-order chi connectivity index (χ0) is 17.7. The number of hydrogen-bond acceptors (Lipinski definition) is 4. The maximum absolute atomic E-state index is 12.5. The molecular formula is C17H21BrN2O4. The molecular weight excluding hydrogens is 376 g/mol. The Morgan fingerprint density at radius 2 is 2.17 bits per heavy atom. The molecule has 2 N–H and O–H groups in total. The molecule has 7 heteroatoms. The highest BCUT2D eigenvalue weighted by Gasteiger charge is 2.35. The summed E-state index contributed by atoms with van der Waals surface area (Å²) in [5.74, 6) is -1.23. The normalized spacial score (nSPS) is 14.4. The zero-order valence-corrected chi connectivity index (χ0v) is 15.2. The number of carbonyl (C=O) groups excluding carboxylic acids is 3. The first-order valence-electron chi connectivity index (χ1n) is 7.98. The van der Waals surface area contributed by atoms with Crippen molar-refractivity contribution in [3.05, 3.63) is 33.8 Å². The third-order valence-corrected chi connectivity index (χ3v) is 4.48. The van der Waals surface area contributed by atoms with Crippen molar-refractivity contribution in [2.75, 3.05) is 6.61 Å². The van der Waals surface area contributed by atoms with Gasteiger partial charge in [0.05, 0.1) is 6.61 Å². The fourth-order valence-electron chi connectivity index (χ4n) is 2.66. The summed E-state index contributed by atoms with van der Waals surface area (Å²) in [4.78, 5) is 37.5. The zero-order valence-electron chi connectivity index (χ0n) is 13.6. The summed E-state index contributed by atoms with van der Waals surface area (Å²) < 4.78 is 5.88. The molecule has 0 radical (unpaired) electrons. The number of carbonyl (C=O) groups is 3. The van der Waals surface area contributed by atoms with Crippen molar-refractivity contribution in [1.29, 1.82) is 0 Å². The van der Waals surface area contributed by atoms with Gasteiger partial charge in [-0.2, -0.15) is 0 Å². The molecule has 1 aliphatic heterocycles. The summed E-state index contributed by atoms with van der Waals surface area (Å²) in [5.41, 5.74) is 6.86. The highest BCUT2D eigenvalue weighted by atomic mass is 79.9. The highest BCUT2D eigenvalue weighted by molar-refractivity contribution is 9.10. The maximum atomic E-state index is 12.5. The van der Waals surface area contributed by atoms with Crippen molar-refractivity contribution < 1.29 is 19.1 Å². The van der Waals surface area contributed by atoms with Crippen LogP contribution in [0.5, 0.6) is 0 Å². The Hall–Kier alpha value is -1.89. The standard InChI is InChI=1S/C17H21BrN2O4/c1-2-3-8-24-15(21)7-6-14(16(19)22)20-10-11-4-5-12(18)9-13(11)17(20)23/h4-5,9,14H,2-3,6-8,10H2,1H3,(H2,19,22). The van der Waals surface area contributed by atoms with Crippen molar-refractivity contribution in [3.63, 3.8) is 0 Å². The molecule has 0 spiro atoms. The lowest BCUT2D eigenvalue weighted by atomic mass is 10.1. The lowest BCUT2D eigenvalue weighted by Crippen LogP contribution is -2.45. The number of esters is 1. The molecule has 130 valence electrons. The summed E-state index contributed by atoms with van der Waals surface area (Å²) in [6.45, 7) is 2.70. The molecule has 0 aromatic heterocycles. The predicted octanol–water partition coefficient (Wildman–Crippen LogP) is 2.38. The van der Waals surface area contributed by atoms with Gasteiger partial charge in [0.15, 0.2) is 0 Å². The molecule has 0 saturated carbocycles. The Kier molecular flexibility index (Phi) is 6.36. The summed E-state index contributed by atoms with van der Waals surface area (Å²) in [7, 11) is 0. The van der Waals surface area contributed by atoms with Gasteiger partial charge < -0.3 is 15.4 Å². The Balaban J connectivity index is 2.00. The Bertz CT molecular complexity index is 647. The lowest BCUT2D eigenvalue weighted by molar-refractivity contribution is -0.144. The van der Waals surface area contributed by atoms with E-state index in [0.717, 1.165) is 22.9 Å². The van der Waals surface area contributed by atoms with E-state index in [4.69, 9.17) is 10.5 Å². The van der Waals surface area contributed by atoms with Crippen LogP contribution in [0.4, 0.5) is 0 Å². The number of amides is 2. The number of hydrogen-bond donors (Lipinski definition) is 1. The van der Waals surface area contributed by atoms with Crippen molar-refractivity contribution >= 4 is 33.7 Å². The maximum Gasteiger partial charge on any atom is 0.305 e. The van der Waals surface area contributed by atoms with Gasteiger partial charge in [-0.15, -0.1) is 0 Å². The topological polar surface area (TPSA) is 89.7 Å². The summed E-state index contributed by atoms with van der Waals surface area (Å²) in [6, 6.07) is 4.60. The number of ether oxygens (including phenoxy) is 1. The summed E-state index contributed by atoms with van der Waals surface area (Å²) in [6.07, 6.45) is 1.97. The van der Waals surface area contributed by atoms with Gasteiger partial charge in [0, 0.05) is 23.0 Å². The van der Waals surface area contributed by atoms with E-state index in [0.29, 0.717) is 18.7 Å². The summed E-state index contributed by atoms with van der Waals surface area (Å²) >= 11 is 3.33. The van der Waals surface area contributed by atoms with Gasteiger partial charge in [0.25, 0.3) is 5.91 Å². The van der Waals surface area contributed by atoms with Crippen molar-refractivity contribution in [1.82, 2.24) is 4.90 Å². The van der Waals surface area contributed by atoms with Gasteiger partial charge >= 0.3 is 5.97 Å². The van der Waals surface area contributed by atoms with E-state index in [1.165, 1.54) is 4.90 Å². The molecule has 2 rings (SSSR count). The largest absolute Gasteiger partial charge is 0.466 e. The van der Waals surface area contributed by atoms with Crippen molar-refractivity contribution in [3.8, 4) is 0 Å². The molecule has 2 amide bonds. The van der Waals surface area contributed by atoms with Crippen LogP contribution in [0.2, 0.25) is 0 Å². The second-order valence-corrected chi connectivity index (χ2v) is 6.68. The highest BCUT2D eigenvalue weighted by Crippen LogP contribution is 2.28. The number of halogens is 1. The minimum Gasteiger partial charge on any atom is -0.466 e. The fraction of sp³-hybridized carbons (Fsp3) is 0.471. The number of nitrogens with zero attached hydrogens (tertiary/aromatic N) is 1. The van der Waals surface area contributed by atoms with Crippen LogP contribution in [0.1, 0.15) is 48.5 Å². The molecule has 0 bridgehead atoms. The number of rotatable bonds is 8. The molecule has 1 aromatic carbocycles. The van der Waals surface area contributed by atoms with Crippen molar-refractivity contribution in [2.45, 2.75) is 45.2 Å². The Morgan fingerprint density at radius 1 is 1.42 bits per heavy atom. The fourth-order valence-corrected chi connectivity index (χ4v) is 3.02. The number of unbranched alkanes of at least 4 members (excludes halogenated alkanes) is 1. The quantitative estimate of drug-likeness (QED) is 0.539. The van der Waals surface area contributed by atoms with Crippen LogP contribution in [-0.2, 0) is 20.9 Å². The first-order valence-corrected chi connectivity index (χ1v) is 8.77. The lowest BCUT2D eigenvalue weighted by Gasteiger charge is -2.24. The van der Waals surface area contributed by atoms with Crippen LogP contribution >= 0.6 is 15.9 Å². The van der Waals surface area contributed by atoms with Gasteiger partial charge in [-0.3, -0.25) is 14.4 Å². The van der Waals surface area contributed by atoms with Crippen LogP contribution in [0.25, 0.3) is 0 Å². The molecule has 1 aromatic rings. The van der Waals surface area contributed by atoms with Crippen LogP contribution < -0.4 is 5.73 Å². The smallest absolute Gasteiger partial charge is 0.305 e.